The minimum Gasteiger partial charge on any atom is -0.506 e. The lowest BCUT2D eigenvalue weighted by Gasteiger charge is -2.03. The number of hydrogen-bond donors (Lipinski definition) is 2. The fourth-order valence-corrected chi connectivity index (χ4v) is 2.04. The number of nitrogens with zero attached hydrogens (tertiary/aromatic N) is 1. The van der Waals surface area contributed by atoms with Gasteiger partial charge in [0.05, 0.1) is 0 Å². The Balaban J connectivity index is 2.96. The van der Waals surface area contributed by atoms with E-state index in [0.717, 1.165) is 0 Å². The van der Waals surface area contributed by atoms with E-state index in [2.05, 4.69) is 4.98 Å². The molecule has 0 saturated heterocycles. The Bertz CT molecular complexity index is 621. The summed E-state index contributed by atoms with van der Waals surface area (Å²) in [5, 5.41) is 9.62. The van der Waals surface area contributed by atoms with Gasteiger partial charge >= 0.3 is 0 Å². The van der Waals surface area contributed by atoms with E-state index < -0.39 is 10.1 Å². The van der Waals surface area contributed by atoms with Gasteiger partial charge in [-0.05, 0) is 12.1 Å². The Labute approximate surface area is 85.8 Å². The van der Waals surface area contributed by atoms with Crippen molar-refractivity contribution in [3.8, 4) is 5.75 Å². The first-order valence-electron chi connectivity index (χ1n) is 4.04. The number of benzene rings is 1. The summed E-state index contributed by atoms with van der Waals surface area (Å²) < 4.78 is 30.9. The summed E-state index contributed by atoms with van der Waals surface area (Å²) in [6.45, 7) is 0. The molecule has 1 heterocycles. The van der Waals surface area contributed by atoms with Crippen LogP contribution in [-0.2, 0) is 10.1 Å². The molecule has 0 amide bonds. The molecule has 1 aromatic carbocycles. The predicted molar refractivity (Wildman–Crippen MR) is 53.2 cm³/mol. The van der Waals surface area contributed by atoms with Gasteiger partial charge in [-0.3, -0.25) is 9.54 Å². The first kappa shape index (κ1) is 9.88. The van der Waals surface area contributed by atoms with Crippen LogP contribution in [0.5, 0.6) is 5.75 Å². The molecule has 15 heavy (non-hydrogen) atoms. The standard InChI is InChI=1S/C9H7NO4S/c11-7-3-1-2-6-8(15(12,13)14)4-5-10-9(6)7/h1-5,11H,(H,12,13,14). The van der Waals surface area contributed by atoms with Crippen molar-refractivity contribution in [2.75, 3.05) is 0 Å². The molecule has 0 bridgehead atoms. The smallest absolute Gasteiger partial charge is 0.295 e. The summed E-state index contributed by atoms with van der Waals surface area (Å²) in [6.07, 6.45) is 1.21. The van der Waals surface area contributed by atoms with Crippen molar-refractivity contribution >= 4 is 21.0 Å². The highest BCUT2D eigenvalue weighted by molar-refractivity contribution is 7.86. The van der Waals surface area contributed by atoms with Crippen LogP contribution in [0.15, 0.2) is 35.4 Å². The van der Waals surface area contributed by atoms with E-state index >= 15 is 0 Å². The lowest BCUT2D eigenvalue weighted by Crippen LogP contribution is -1.99. The maximum Gasteiger partial charge on any atom is 0.295 e. The molecule has 0 radical (unpaired) electrons. The van der Waals surface area contributed by atoms with Crippen molar-refractivity contribution in [3.05, 3.63) is 30.5 Å². The van der Waals surface area contributed by atoms with Gasteiger partial charge in [0.15, 0.2) is 0 Å². The molecule has 0 aliphatic carbocycles. The van der Waals surface area contributed by atoms with Gasteiger partial charge in [-0.25, -0.2) is 0 Å². The van der Waals surface area contributed by atoms with E-state index in [1.54, 1.807) is 0 Å². The molecule has 0 saturated carbocycles. The number of phenolic OH excluding ortho intramolecular Hbond substituents is 1. The second-order valence-corrected chi connectivity index (χ2v) is 4.35. The molecule has 0 spiro atoms. The van der Waals surface area contributed by atoms with Crippen LogP contribution in [0.4, 0.5) is 0 Å². The van der Waals surface area contributed by atoms with Crippen molar-refractivity contribution in [2.24, 2.45) is 0 Å². The number of pyridine rings is 1. The van der Waals surface area contributed by atoms with E-state index in [0.29, 0.717) is 0 Å². The highest BCUT2D eigenvalue weighted by atomic mass is 32.2. The molecule has 0 unspecified atom stereocenters. The topological polar surface area (TPSA) is 87.5 Å². The van der Waals surface area contributed by atoms with Gasteiger partial charge in [-0.15, -0.1) is 0 Å². The molecule has 78 valence electrons. The van der Waals surface area contributed by atoms with E-state index in [1.165, 1.54) is 30.5 Å². The Morgan fingerprint density at radius 2 is 1.93 bits per heavy atom. The Hall–Kier alpha value is -1.66. The van der Waals surface area contributed by atoms with Gasteiger partial charge in [-0.1, -0.05) is 12.1 Å². The minimum atomic E-state index is -4.30. The van der Waals surface area contributed by atoms with Crippen LogP contribution < -0.4 is 0 Å². The van der Waals surface area contributed by atoms with Gasteiger partial charge in [0.1, 0.15) is 16.2 Å². The molecule has 1 aromatic heterocycles. The zero-order valence-electron chi connectivity index (χ0n) is 7.45. The van der Waals surface area contributed by atoms with Crippen molar-refractivity contribution in [2.45, 2.75) is 4.90 Å². The molecule has 6 heteroatoms. The summed E-state index contributed by atoms with van der Waals surface area (Å²) >= 11 is 0. The number of hydrogen-bond acceptors (Lipinski definition) is 4. The second kappa shape index (κ2) is 3.18. The Morgan fingerprint density at radius 3 is 2.60 bits per heavy atom. The van der Waals surface area contributed by atoms with E-state index in [4.69, 9.17) is 4.55 Å². The third-order valence-electron chi connectivity index (χ3n) is 1.99. The van der Waals surface area contributed by atoms with Gasteiger partial charge in [0.2, 0.25) is 0 Å². The SMILES string of the molecule is O=S(=O)(O)c1ccnc2c(O)cccc12. The van der Waals surface area contributed by atoms with Gasteiger partial charge < -0.3 is 5.11 Å². The highest BCUT2D eigenvalue weighted by Gasteiger charge is 2.15. The summed E-state index contributed by atoms with van der Waals surface area (Å²) in [6, 6.07) is 5.51. The summed E-state index contributed by atoms with van der Waals surface area (Å²) in [5.41, 5.74) is 0.146. The fourth-order valence-electron chi connectivity index (χ4n) is 1.36. The molecule has 2 N–H and O–H groups in total. The Kier molecular flexibility index (Phi) is 2.09. The molecular formula is C9H7NO4S. The van der Waals surface area contributed by atoms with Crippen LogP contribution in [0.3, 0.4) is 0 Å². The van der Waals surface area contributed by atoms with Crippen molar-refractivity contribution < 1.29 is 18.1 Å². The average molecular weight is 225 g/mol. The molecule has 2 rings (SSSR count). The number of rotatable bonds is 1. The molecule has 0 aliphatic heterocycles. The second-order valence-electron chi connectivity index (χ2n) is 2.96. The van der Waals surface area contributed by atoms with Crippen LogP contribution in [0.25, 0.3) is 10.9 Å². The van der Waals surface area contributed by atoms with Crippen molar-refractivity contribution in [1.82, 2.24) is 4.98 Å². The van der Waals surface area contributed by atoms with Crippen LogP contribution in [-0.4, -0.2) is 23.1 Å². The van der Waals surface area contributed by atoms with E-state index in [9.17, 15) is 13.5 Å². The number of fused-ring (bicyclic) bond motifs is 1. The van der Waals surface area contributed by atoms with Crippen LogP contribution >= 0.6 is 0 Å². The van der Waals surface area contributed by atoms with Crippen LogP contribution in [0.1, 0.15) is 0 Å². The van der Waals surface area contributed by atoms with Crippen LogP contribution in [0, 0.1) is 0 Å². The van der Waals surface area contributed by atoms with Crippen molar-refractivity contribution in [1.29, 1.82) is 0 Å². The first-order chi connectivity index (χ1) is 7.00. The predicted octanol–water partition coefficient (Wildman–Crippen LogP) is 1.19. The zero-order chi connectivity index (χ0) is 11.1. The zero-order valence-corrected chi connectivity index (χ0v) is 8.27. The number of aromatic hydroxyl groups is 1. The lowest BCUT2D eigenvalue weighted by molar-refractivity contribution is 0.480. The number of phenols is 1. The Morgan fingerprint density at radius 1 is 1.20 bits per heavy atom. The molecule has 0 aliphatic rings. The monoisotopic (exact) mass is 225 g/mol. The normalized spacial score (nSPS) is 11.8. The molecule has 5 nitrogen and oxygen atoms in total. The summed E-state index contributed by atoms with van der Waals surface area (Å²) in [7, 11) is -4.30. The van der Waals surface area contributed by atoms with E-state index in [1.807, 2.05) is 0 Å². The molecule has 0 fully saturated rings. The number of para-hydroxylation sites is 1. The van der Waals surface area contributed by atoms with Crippen molar-refractivity contribution in [3.63, 3.8) is 0 Å². The van der Waals surface area contributed by atoms with Gasteiger partial charge in [-0.2, -0.15) is 8.42 Å². The summed E-state index contributed by atoms with van der Waals surface area (Å²) in [4.78, 5) is 3.57. The van der Waals surface area contributed by atoms with E-state index in [-0.39, 0.29) is 21.5 Å². The van der Waals surface area contributed by atoms with Gasteiger partial charge in [0, 0.05) is 11.6 Å². The number of aromatic nitrogens is 1. The largest absolute Gasteiger partial charge is 0.506 e. The van der Waals surface area contributed by atoms with Crippen LogP contribution in [0.2, 0.25) is 0 Å². The third-order valence-corrected chi connectivity index (χ3v) is 2.90. The van der Waals surface area contributed by atoms with Gasteiger partial charge in [0.25, 0.3) is 10.1 Å². The maximum absolute atomic E-state index is 11.0. The first-order valence-corrected chi connectivity index (χ1v) is 5.48. The maximum atomic E-state index is 11.0. The third kappa shape index (κ3) is 1.64. The minimum absolute atomic E-state index is 0.127. The fraction of sp³-hybridized carbons (Fsp3) is 0. The molecule has 0 atom stereocenters. The lowest BCUT2D eigenvalue weighted by atomic mass is 10.2. The highest BCUT2D eigenvalue weighted by Crippen LogP contribution is 2.26. The quantitative estimate of drug-likeness (QED) is 0.712. The summed E-state index contributed by atoms with van der Waals surface area (Å²) in [5.74, 6) is -0.127. The average Bonchev–Trinajstić information content (AvgIpc) is 2.16. The molecular weight excluding hydrogens is 218 g/mol. The molecule has 2 aromatic rings.